The Kier molecular flexibility index (Phi) is 3.91. The van der Waals surface area contributed by atoms with Crippen LogP contribution in [0.15, 0.2) is 12.3 Å². The zero-order chi connectivity index (χ0) is 11.3. The van der Waals surface area contributed by atoms with Crippen LogP contribution >= 0.6 is 0 Å². The van der Waals surface area contributed by atoms with Crippen LogP contribution < -0.4 is 5.32 Å². The number of aromatic amines is 1. The zero-order valence-corrected chi connectivity index (χ0v) is 8.79. The van der Waals surface area contributed by atoms with Crippen LogP contribution in [0.5, 0.6) is 0 Å². The lowest BCUT2D eigenvalue weighted by atomic mass is 10.3. The van der Waals surface area contributed by atoms with Crippen LogP contribution in [0.3, 0.4) is 0 Å². The van der Waals surface area contributed by atoms with E-state index in [9.17, 15) is 9.59 Å². The maximum absolute atomic E-state index is 11.4. The first-order valence-corrected chi connectivity index (χ1v) is 4.83. The summed E-state index contributed by atoms with van der Waals surface area (Å²) in [5.41, 5.74) is 0.735. The highest BCUT2D eigenvalue weighted by atomic mass is 16.5. The summed E-state index contributed by atoms with van der Waals surface area (Å²) in [6, 6.07) is 1.62. The Labute approximate surface area is 87.8 Å². The molecular weight excluding hydrogens is 196 g/mol. The second-order valence-electron chi connectivity index (χ2n) is 2.89. The first-order chi connectivity index (χ1) is 7.19. The SMILES string of the molecule is CCOC(=O)c1[nH]ccc1NC(=O)CC. The molecule has 82 valence electrons. The van der Waals surface area contributed by atoms with Gasteiger partial charge in [0.25, 0.3) is 0 Å². The van der Waals surface area contributed by atoms with Gasteiger partial charge in [-0.1, -0.05) is 6.92 Å². The number of ether oxygens (including phenoxy) is 1. The van der Waals surface area contributed by atoms with E-state index in [0.29, 0.717) is 18.7 Å². The van der Waals surface area contributed by atoms with Gasteiger partial charge in [0, 0.05) is 12.6 Å². The molecule has 15 heavy (non-hydrogen) atoms. The highest BCUT2D eigenvalue weighted by Crippen LogP contribution is 2.14. The molecule has 0 aliphatic heterocycles. The highest BCUT2D eigenvalue weighted by Gasteiger charge is 2.14. The number of H-pyrrole nitrogens is 1. The molecule has 0 atom stereocenters. The minimum absolute atomic E-state index is 0.139. The lowest BCUT2D eigenvalue weighted by molar-refractivity contribution is -0.115. The number of hydrogen-bond donors (Lipinski definition) is 2. The van der Waals surface area contributed by atoms with E-state index in [1.54, 1.807) is 26.1 Å². The Morgan fingerprint density at radius 1 is 1.47 bits per heavy atom. The first-order valence-electron chi connectivity index (χ1n) is 4.83. The number of esters is 1. The predicted octanol–water partition coefficient (Wildman–Crippen LogP) is 1.54. The lowest BCUT2D eigenvalue weighted by Gasteiger charge is -2.04. The minimum atomic E-state index is -0.464. The topological polar surface area (TPSA) is 71.2 Å². The summed E-state index contributed by atoms with van der Waals surface area (Å²) in [6.45, 7) is 3.77. The zero-order valence-electron chi connectivity index (χ0n) is 8.79. The van der Waals surface area contributed by atoms with Crippen molar-refractivity contribution < 1.29 is 14.3 Å². The number of rotatable bonds is 4. The fourth-order valence-corrected chi connectivity index (χ4v) is 1.08. The van der Waals surface area contributed by atoms with Crippen LogP contribution in [0.25, 0.3) is 0 Å². The molecule has 1 heterocycles. The third-order valence-corrected chi connectivity index (χ3v) is 1.82. The van der Waals surface area contributed by atoms with E-state index < -0.39 is 5.97 Å². The molecule has 5 nitrogen and oxygen atoms in total. The van der Waals surface area contributed by atoms with Gasteiger partial charge in [0.2, 0.25) is 5.91 Å². The number of carbonyl (C=O) groups excluding carboxylic acids is 2. The predicted molar refractivity (Wildman–Crippen MR) is 55.7 cm³/mol. The van der Waals surface area contributed by atoms with Crippen LogP contribution in [0.1, 0.15) is 30.8 Å². The van der Waals surface area contributed by atoms with E-state index in [1.165, 1.54) is 0 Å². The van der Waals surface area contributed by atoms with Crippen molar-refractivity contribution in [2.75, 3.05) is 11.9 Å². The standard InChI is InChI=1S/C10H14N2O3/c1-3-8(13)12-7-5-6-11-9(7)10(14)15-4-2/h5-6,11H,3-4H2,1-2H3,(H,12,13). The molecule has 0 saturated heterocycles. The Balaban J connectivity index is 2.77. The van der Waals surface area contributed by atoms with Crippen molar-refractivity contribution in [2.45, 2.75) is 20.3 Å². The van der Waals surface area contributed by atoms with E-state index >= 15 is 0 Å². The highest BCUT2D eigenvalue weighted by molar-refractivity contribution is 5.99. The van der Waals surface area contributed by atoms with Gasteiger partial charge in [-0.2, -0.15) is 0 Å². The van der Waals surface area contributed by atoms with Crippen molar-refractivity contribution in [3.8, 4) is 0 Å². The smallest absolute Gasteiger partial charge is 0.356 e. The largest absolute Gasteiger partial charge is 0.461 e. The summed E-state index contributed by atoms with van der Waals surface area (Å²) in [6.07, 6.45) is 1.95. The van der Waals surface area contributed by atoms with Gasteiger partial charge in [0.1, 0.15) is 5.69 Å². The number of nitrogens with one attached hydrogen (secondary N) is 2. The molecule has 1 rings (SSSR count). The summed E-state index contributed by atoms with van der Waals surface area (Å²) in [7, 11) is 0. The van der Waals surface area contributed by atoms with Gasteiger partial charge in [-0.3, -0.25) is 4.79 Å². The molecule has 1 aromatic rings. The summed E-state index contributed by atoms with van der Waals surface area (Å²) in [4.78, 5) is 25.3. The maximum atomic E-state index is 11.4. The van der Waals surface area contributed by atoms with E-state index in [0.717, 1.165) is 0 Å². The van der Waals surface area contributed by atoms with Crippen molar-refractivity contribution in [3.63, 3.8) is 0 Å². The Bertz CT molecular complexity index is 357. The minimum Gasteiger partial charge on any atom is -0.461 e. The van der Waals surface area contributed by atoms with Gasteiger partial charge in [-0.05, 0) is 13.0 Å². The number of hydrogen-bond acceptors (Lipinski definition) is 3. The molecule has 1 amide bonds. The fourth-order valence-electron chi connectivity index (χ4n) is 1.08. The number of anilines is 1. The Morgan fingerprint density at radius 2 is 2.20 bits per heavy atom. The van der Waals surface area contributed by atoms with Crippen molar-refractivity contribution in [2.24, 2.45) is 0 Å². The molecule has 0 radical (unpaired) electrons. The summed E-state index contributed by atoms with van der Waals surface area (Å²) < 4.78 is 4.82. The summed E-state index contributed by atoms with van der Waals surface area (Å²) in [5, 5.41) is 2.61. The summed E-state index contributed by atoms with van der Waals surface area (Å²) in [5.74, 6) is -0.603. The van der Waals surface area contributed by atoms with Gasteiger partial charge in [-0.25, -0.2) is 4.79 Å². The molecule has 0 spiro atoms. The van der Waals surface area contributed by atoms with Crippen molar-refractivity contribution in [3.05, 3.63) is 18.0 Å². The molecule has 2 N–H and O–H groups in total. The van der Waals surface area contributed by atoms with Gasteiger partial charge in [0.05, 0.1) is 12.3 Å². The second-order valence-corrected chi connectivity index (χ2v) is 2.89. The second kappa shape index (κ2) is 5.19. The van der Waals surface area contributed by atoms with Crippen molar-refractivity contribution in [1.82, 2.24) is 4.98 Å². The van der Waals surface area contributed by atoms with Gasteiger partial charge in [-0.15, -0.1) is 0 Å². The molecule has 5 heteroatoms. The van der Waals surface area contributed by atoms with E-state index in [2.05, 4.69) is 10.3 Å². The molecule has 0 aromatic carbocycles. The fraction of sp³-hybridized carbons (Fsp3) is 0.400. The van der Waals surface area contributed by atoms with E-state index in [1.807, 2.05) is 0 Å². The molecule has 0 fully saturated rings. The molecule has 1 aromatic heterocycles. The van der Waals surface area contributed by atoms with Crippen LogP contribution in [0, 0.1) is 0 Å². The van der Waals surface area contributed by atoms with Crippen LogP contribution in [-0.2, 0) is 9.53 Å². The average molecular weight is 210 g/mol. The molecular formula is C10H14N2O3. The number of aromatic nitrogens is 1. The Hall–Kier alpha value is -1.78. The molecule has 0 aliphatic rings. The van der Waals surface area contributed by atoms with Crippen LogP contribution in [-0.4, -0.2) is 23.5 Å². The molecule has 0 bridgehead atoms. The average Bonchev–Trinajstić information content (AvgIpc) is 2.66. The van der Waals surface area contributed by atoms with E-state index in [-0.39, 0.29) is 11.6 Å². The monoisotopic (exact) mass is 210 g/mol. The normalized spacial score (nSPS) is 9.73. The lowest BCUT2D eigenvalue weighted by Crippen LogP contribution is -2.13. The van der Waals surface area contributed by atoms with Gasteiger partial charge < -0.3 is 15.0 Å². The Morgan fingerprint density at radius 3 is 2.80 bits per heavy atom. The number of carbonyl (C=O) groups is 2. The van der Waals surface area contributed by atoms with Gasteiger partial charge in [0.15, 0.2) is 0 Å². The third-order valence-electron chi connectivity index (χ3n) is 1.82. The molecule has 0 saturated carbocycles. The van der Waals surface area contributed by atoms with E-state index in [4.69, 9.17) is 4.74 Å². The first kappa shape index (κ1) is 11.3. The van der Waals surface area contributed by atoms with Gasteiger partial charge >= 0.3 is 5.97 Å². The van der Waals surface area contributed by atoms with Crippen molar-refractivity contribution in [1.29, 1.82) is 0 Å². The third kappa shape index (κ3) is 2.83. The maximum Gasteiger partial charge on any atom is 0.356 e. The number of amides is 1. The summed E-state index contributed by atoms with van der Waals surface area (Å²) >= 11 is 0. The van der Waals surface area contributed by atoms with Crippen LogP contribution in [0.4, 0.5) is 5.69 Å². The van der Waals surface area contributed by atoms with Crippen molar-refractivity contribution >= 4 is 17.6 Å². The quantitative estimate of drug-likeness (QED) is 0.740. The molecule has 0 unspecified atom stereocenters. The van der Waals surface area contributed by atoms with Crippen LogP contribution in [0.2, 0.25) is 0 Å². The molecule has 0 aliphatic carbocycles.